The molecule has 1 N–H and O–H groups in total. The predicted molar refractivity (Wildman–Crippen MR) is 120 cm³/mol. The Morgan fingerprint density at radius 3 is 2.59 bits per heavy atom. The van der Waals surface area contributed by atoms with Gasteiger partial charge in [-0.2, -0.15) is 0 Å². The Morgan fingerprint density at radius 1 is 1.14 bits per heavy atom. The second-order valence-electron chi connectivity index (χ2n) is 7.74. The number of aryl methyl sites for hydroxylation is 2. The molecule has 6 heteroatoms. The van der Waals surface area contributed by atoms with Gasteiger partial charge < -0.3 is 5.32 Å². The van der Waals surface area contributed by atoms with Crippen LogP contribution in [0.15, 0.2) is 52.4 Å². The fraction of sp³-hybridized carbons (Fsp3) is 0.348. The summed E-state index contributed by atoms with van der Waals surface area (Å²) in [5.41, 5.74) is 3.35. The number of aromatic nitrogens is 2. The number of amides is 1. The number of rotatable bonds is 6. The molecule has 1 heterocycles. The molecule has 0 radical (unpaired) electrons. The number of carbonyl (C=O) groups excluding carboxylic acids is 1. The Kier molecular flexibility index (Phi) is 6.42. The Hall–Kier alpha value is -2.60. The Labute approximate surface area is 175 Å². The van der Waals surface area contributed by atoms with Crippen LogP contribution in [0.5, 0.6) is 0 Å². The second-order valence-corrected chi connectivity index (χ2v) is 9.05. The molecule has 1 aromatic heterocycles. The molecule has 29 heavy (non-hydrogen) atoms. The quantitative estimate of drug-likeness (QED) is 0.488. The number of hydrogen-bond acceptors (Lipinski definition) is 4. The molecule has 1 atom stereocenters. The fourth-order valence-corrected chi connectivity index (χ4v) is 3.97. The summed E-state index contributed by atoms with van der Waals surface area (Å²) in [6.45, 7) is 10.6. The van der Waals surface area contributed by atoms with Crippen LogP contribution in [0.25, 0.3) is 16.6 Å². The van der Waals surface area contributed by atoms with E-state index in [0.29, 0.717) is 28.5 Å². The molecule has 3 aromatic rings. The summed E-state index contributed by atoms with van der Waals surface area (Å²) in [4.78, 5) is 30.7. The molecule has 0 aliphatic rings. The minimum Gasteiger partial charge on any atom is -0.355 e. The fourth-order valence-electron chi connectivity index (χ4n) is 3.02. The van der Waals surface area contributed by atoms with Crippen molar-refractivity contribution in [1.82, 2.24) is 14.9 Å². The van der Waals surface area contributed by atoms with Crippen LogP contribution in [0.3, 0.4) is 0 Å². The first kappa shape index (κ1) is 21.1. The Morgan fingerprint density at radius 2 is 1.86 bits per heavy atom. The van der Waals surface area contributed by atoms with E-state index in [2.05, 4.69) is 19.2 Å². The van der Waals surface area contributed by atoms with Crippen molar-refractivity contribution in [2.45, 2.75) is 45.0 Å². The third kappa shape index (κ3) is 4.70. The highest BCUT2D eigenvalue weighted by Crippen LogP contribution is 2.27. The van der Waals surface area contributed by atoms with Crippen molar-refractivity contribution >= 4 is 28.6 Å². The van der Waals surface area contributed by atoms with Crippen LogP contribution in [0.4, 0.5) is 0 Å². The summed E-state index contributed by atoms with van der Waals surface area (Å²) < 4.78 is 1.64. The number of carbonyl (C=O) groups is 1. The van der Waals surface area contributed by atoms with Crippen LogP contribution in [0.2, 0.25) is 0 Å². The Balaban J connectivity index is 2.11. The number of nitrogens with one attached hydrogen (secondary N) is 1. The van der Waals surface area contributed by atoms with Gasteiger partial charge in [0.1, 0.15) is 0 Å². The van der Waals surface area contributed by atoms with Gasteiger partial charge in [0, 0.05) is 6.54 Å². The average Bonchev–Trinajstić information content (AvgIpc) is 2.68. The molecule has 0 aliphatic carbocycles. The first-order chi connectivity index (χ1) is 13.8. The summed E-state index contributed by atoms with van der Waals surface area (Å²) in [5.74, 6) is 0.321. The SMILES string of the molecule is Cc1ccc(C)c(-n2c(S[C@@H](C)C(=O)NCC(C)C)nc3ccccc3c2=O)c1. The molecule has 0 saturated heterocycles. The number of thioether (sulfide) groups is 1. The van der Waals surface area contributed by atoms with Gasteiger partial charge in [0.15, 0.2) is 5.16 Å². The lowest BCUT2D eigenvalue weighted by atomic mass is 10.1. The zero-order valence-electron chi connectivity index (χ0n) is 17.5. The molecule has 0 aliphatic heterocycles. The number of fused-ring (bicyclic) bond motifs is 1. The zero-order chi connectivity index (χ0) is 21.1. The largest absolute Gasteiger partial charge is 0.355 e. The molecule has 0 fully saturated rings. The van der Waals surface area contributed by atoms with Crippen molar-refractivity contribution in [2.24, 2.45) is 5.92 Å². The van der Waals surface area contributed by atoms with Crippen LogP contribution < -0.4 is 10.9 Å². The first-order valence-electron chi connectivity index (χ1n) is 9.81. The van der Waals surface area contributed by atoms with Crippen molar-refractivity contribution in [3.05, 3.63) is 63.9 Å². The molecule has 5 nitrogen and oxygen atoms in total. The highest BCUT2D eigenvalue weighted by molar-refractivity contribution is 8.00. The lowest BCUT2D eigenvalue weighted by Crippen LogP contribution is -2.34. The molecule has 3 rings (SSSR count). The van der Waals surface area contributed by atoms with Crippen LogP contribution in [-0.2, 0) is 4.79 Å². The summed E-state index contributed by atoms with van der Waals surface area (Å²) in [6.07, 6.45) is 0. The molecule has 0 unspecified atom stereocenters. The lowest BCUT2D eigenvalue weighted by Gasteiger charge is -2.18. The molecule has 152 valence electrons. The molecule has 2 aromatic carbocycles. The number of benzene rings is 2. The zero-order valence-corrected chi connectivity index (χ0v) is 18.3. The van der Waals surface area contributed by atoms with Crippen molar-refractivity contribution < 1.29 is 4.79 Å². The highest BCUT2D eigenvalue weighted by Gasteiger charge is 2.21. The van der Waals surface area contributed by atoms with Gasteiger partial charge in [0.05, 0.1) is 21.8 Å². The van der Waals surface area contributed by atoms with Crippen LogP contribution in [0.1, 0.15) is 31.9 Å². The molecule has 1 amide bonds. The number of nitrogens with zero attached hydrogens (tertiary/aromatic N) is 2. The first-order valence-corrected chi connectivity index (χ1v) is 10.7. The standard InChI is InChI=1S/C23H27N3O2S/c1-14(2)13-24-21(27)17(5)29-23-25-19-9-7-6-8-18(19)22(28)26(23)20-12-15(3)10-11-16(20)4/h6-12,14,17H,13H2,1-5H3,(H,24,27)/t17-/m0/s1. The van der Waals surface area contributed by atoms with Gasteiger partial charge in [-0.1, -0.05) is 49.9 Å². The van der Waals surface area contributed by atoms with Crippen LogP contribution in [0, 0.1) is 19.8 Å². The lowest BCUT2D eigenvalue weighted by molar-refractivity contribution is -0.120. The van der Waals surface area contributed by atoms with E-state index >= 15 is 0 Å². The second kappa shape index (κ2) is 8.82. The van der Waals surface area contributed by atoms with Gasteiger partial charge in [-0.05, 0) is 56.0 Å². The number of para-hydroxylation sites is 1. The van der Waals surface area contributed by atoms with Gasteiger partial charge in [0.2, 0.25) is 5.91 Å². The summed E-state index contributed by atoms with van der Waals surface area (Å²) in [7, 11) is 0. The third-order valence-corrected chi connectivity index (χ3v) is 5.74. The van der Waals surface area contributed by atoms with Gasteiger partial charge in [-0.3, -0.25) is 14.2 Å². The van der Waals surface area contributed by atoms with Crippen molar-refractivity contribution in [3.8, 4) is 5.69 Å². The van der Waals surface area contributed by atoms with Gasteiger partial charge in [-0.15, -0.1) is 0 Å². The van der Waals surface area contributed by atoms with E-state index in [0.717, 1.165) is 16.8 Å². The molecule has 0 bridgehead atoms. The van der Waals surface area contributed by atoms with E-state index in [-0.39, 0.29) is 16.7 Å². The van der Waals surface area contributed by atoms with Gasteiger partial charge >= 0.3 is 0 Å². The van der Waals surface area contributed by atoms with Crippen LogP contribution in [-0.4, -0.2) is 27.3 Å². The van der Waals surface area contributed by atoms with E-state index in [4.69, 9.17) is 4.98 Å². The summed E-state index contributed by atoms with van der Waals surface area (Å²) >= 11 is 1.31. The monoisotopic (exact) mass is 409 g/mol. The smallest absolute Gasteiger partial charge is 0.266 e. The Bertz CT molecular complexity index is 1100. The van der Waals surface area contributed by atoms with Crippen molar-refractivity contribution in [3.63, 3.8) is 0 Å². The summed E-state index contributed by atoms with van der Waals surface area (Å²) in [6, 6.07) is 13.3. The topological polar surface area (TPSA) is 64.0 Å². The van der Waals surface area contributed by atoms with Crippen molar-refractivity contribution in [2.75, 3.05) is 6.54 Å². The minimum absolute atomic E-state index is 0.0568. The molecule has 0 spiro atoms. The average molecular weight is 410 g/mol. The van der Waals surface area contributed by atoms with Crippen molar-refractivity contribution in [1.29, 1.82) is 0 Å². The molecular weight excluding hydrogens is 382 g/mol. The maximum atomic E-state index is 13.4. The van der Waals surface area contributed by atoms with E-state index in [1.54, 1.807) is 10.6 Å². The summed E-state index contributed by atoms with van der Waals surface area (Å²) in [5, 5.41) is 3.67. The third-order valence-electron chi connectivity index (χ3n) is 4.69. The molecular formula is C23H27N3O2S. The van der Waals surface area contributed by atoms with E-state index in [1.807, 2.05) is 57.2 Å². The van der Waals surface area contributed by atoms with E-state index < -0.39 is 0 Å². The van der Waals surface area contributed by atoms with E-state index in [9.17, 15) is 9.59 Å². The minimum atomic E-state index is -0.377. The normalized spacial score (nSPS) is 12.3. The highest BCUT2D eigenvalue weighted by atomic mass is 32.2. The van der Waals surface area contributed by atoms with E-state index in [1.165, 1.54) is 11.8 Å². The number of hydrogen-bond donors (Lipinski definition) is 1. The maximum absolute atomic E-state index is 13.4. The van der Waals surface area contributed by atoms with Gasteiger partial charge in [-0.25, -0.2) is 4.98 Å². The van der Waals surface area contributed by atoms with Crippen LogP contribution >= 0.6 is 11.8 Å². The maximum Gasteiger partial charge on any atom is 0.266 e. The van der Waals surface area contributed by atoms with Gasteiger partial charge in [0.25, 0.3) is 5.56 Å². The predicted octanol–water partition coefficient (Wildman–Crippen LogP) is 4.26. The molecule has 0 saturated carbocycles.